The van der Waals surface area contributed by atoms with E-state index in [1.54, 1.807) is 0 Å². The molecule has 118 valence electrons. The van der Waals surface area contributed by atoms with Crippen LogP contribution in [0.1, 0.15) is 51.9 Å². The zero-order chi connectivity index (χ0) is 12.8. The van der Waals surface area contributed by atoms with Crippen LogP contribution in [0.25, 0.3) is 0 Å². The minimum atomic E-state index is -0.573. The van der Waals surface area contributed by atoms with Gasteiger partial charge in [-0.2, -0.15) is 0 Å². The van der Waals surface area contributed by atoms with Crippen LogP contribution < -0.4 is 11.1 Å². The summed E-state index contributed by atoms with van der Waals surface area (Å²) in [5.41, 5.74) is 5.62. The van der Waals surface area contributed by atoms with Crippen LogP contribution in [-0.4, -0.2) is 41.0 Å². The zero-order valence-corrected chi connectivity index (χ0v) is 13.8. The van der Waals surface area contributed by atoms with Crippen LogP contribution >= 0.6 is 24.8 Å². The van der Waals surface area contributed by atoms with Gasteiger partial charge in [0.1, 0.15) is 0 Å². The summed E-state index contributed by atoms with van der Waals surface area (Å²) < 4.78 is 0. The molecule has 0 bridgehead atoms. The molecule has 0 spiro atoms. The van der Waals surface area contributed by atoms with Crippen molar-refractivity contribution >= 4 is 30.7 Å². The number of nitrogens with two attached hydrogens (primary N) is 1. The van der Waals surface area contributed by atoms with Gasteiger partial charge in [0.25, 0.3) is 0 Å². The third kappa shape index (κ3) is 3.59. The highest BCUT2D eigenvalue weighted by Crippen LogP contribution is 2.34. The van der Waals surface area contributed by atoms with Crippen LogP contribution in [0, 0.1) is 0 Å². The molecule has 4 nitrogen and oxygen atoms in total. The maximum Gasteiger partial charge on any atom is 0.240 e. The molecule has 3 rings (SSSR count). The maximum atomic E-state index is 12.3. The summed E-state index contributed by atoms with van der Waals surface area (Å²) in [4.78, 5) is 14.8. The summed E-state index contributed by atoms with van der Waals surface area (Å²) in [7, 11) is 0. The fourth-order valence-corrected chi connectivity index (χ4v) is 3.64. The number of nitrogens with one attached hydrogen (secondary N) is 1. The molecule has 2 saturated carbocycles. The zero-order valence-electron chi connectivity index (χ0n) is 12.1. The van der Waals surface area contributed by atoms with Crippen LogP contribution in [0.5, 0.6) is 0 Å². The molecule has 0 radical (unpaired) electrons. The number of hydrogen-bond acceptors (Lipinski definition) is 3. The number of amides is 1. The number of halogens is 2. The van der Waals surface area contributed by atoms with Gasteiger partial charge in [-0.3, -0.25) is 9.69 Å². The largest absolute Gasteiger partial charge is 0.350 e. The van der Waals surface area contributed by atoms with Gasteiger partial charge in [0.05, 0.1) is 5.54 Å². The molecular weight excluding hydrogens is 297 g/mol. The van der Waals surface area contributed by atoms with E-state index >= 15 is 0 Å². The average Bonchev–Trinajstić information content (AvgIpc) is 2.97. The third-order valence-electron chi connectivity index (χ3n) is 4.92. The summed E-state index contributed by atoms with van der Waals surface area (Å²) in [6.45, 7) is 3.30. The Bertz CT molecular complexity index is 343. The van der Waals surface area contributed by atoms with Gasteiger partial charge in [-0.15, -0.1) is 24.8 Å². The molecule has 2 atom stereocenters. The topological polar surface area (TPSA) is 58.4 Å². The molecule has 3 N–H and O–H groups in total. The molecule has 1 amide bonds. The number of carbonyl (C=O) groups excluding carboxylic acids is 1. The lowest BCUT2D eigenvalue weighted by Gasteiger charge is -2.25. The molecule has 2 aliphatic carbocycles. The Kier molecular flexibility index (Phi) is 6.14. The molecule has 1 heterocycles. The van der Waals surface area contributed by atoms with Crippen molar-refractivity contribution in [3.63, 3.8) is 0 Å². The summed E-state index contributed by atoms with van der Waals surface area (Å²) in [5.74, 6) is 0.0925. The first-order chi connectivity index (χ1) is 8.58. The van der Waals surface area contributed by atoms with Gasteiger partial charge in [-0.05, 0) is 39.0 Å². The van der Waals surface area contributed by atoms with E-state index in [9.17, 15) is 4.79 Å². The predicted molar refractivity (Wildman–Crippen MR) is 85.6 cm³/mol. The average molecular weight is 324 g/mol. The first kappa shape index (κ1) is 18.0. The molecule has 6 heteroatoms. The van der Waals surface area contributed by atoms with Gasteiger partial charge in [0.2, 0.25) is 5.91 Å². The lowest BCUT2D eigenvalue weighted by atomic mass is 9.97. The van der Waals surface area contributed by atoms with E-state index < -0.39 is 5.54 Å². The number of hydrogen-bond donors (Lipinski definition) is 2. The third-order valence-corrected chi connectivity index (χ3v) is 4.92. The minimum Gasteiger partial charge on any atom is -0.350 e. The molecule has 0 aromatic heterocycles. The highest BCUT2D eigenvalue weighted by atomic mass is 35.5. The Morgan fingerprint density at radius 1 is 1.25 bits per heavy atom. The SMILES string of the molecule is CC1CC(NC(=O)C2(N)CCCC2)CN1C1CC1.Cl.Cl. The van der Waals surface area contributed by atoms with Crippen molar-refractivity contribution < 1.29 is 4.79 Å². The van der Waals surface area contributed by atoms with E-state index in [1.165, 1.54) is 12.8 Å². The first-order valence-corrected chi connectivity index (χ1v) is 7.44. The van der Waals surface area contributed by atoms with E-state index in [2.05, 4.69) is 17.1 Å². The Morgan fingerprint density at radius 3 is 2.40 bits per heavy atom. The molecular formula is C14H27Cl2N3O. The van der Waals surface area contributed by atoms with Gasteiger partial charge in [0.15, 0.2) is 0 Å². The van der Waals surface area contributed by atoms with E-state index in [-0.39, 0.29) is 30.7 Å². The smallest absolute Gasteiger partial charge is 0.240 e. The highest BCUT2D eigenvalue weighted by molar-refractivity contribution is 5.86. The van der Waals surface area contributed by atoms with Crippen molar-refractivity contribution in [2.24, 2.45) is 5.73 Å². The van der Waals surface area contributed by atoms with Crippen LogP contribution in [0.4, 0.5) is 0 Å². The normalized spacial score (nSPS) is 32.3. The maximum absolute atomic E-state index is 12.3. The van der Waals surface area contributed by atoms with Crippen LogP contribution in [0.15, 0.2) is 0 Å². The van der Waals surface area contributed by atoms with E-state index in [4.69, 9.17) is 5.73 Å². The summed E-state index contributed by atoms with van der Waals surface area (Å²) in [6.07, 6.45) is 7.66. The summed E-state index contributed by atoms with van der Waals surface area (Å²) in [5, 5.41) is 3.20. The number of nitrogens with zero attached hydrogens (tertiary/aromatic N) is 1. The summed E-state index contributed by atoms with van der Waals surface area (Å²) >= 11 is 0. The van der Waals surface area contributed by atoms with E-state index in [0.717, 1.165) is 44.7 Å². The number of carbonyl (C=O) groups is 1. The molecule has 0 aromatic carbocycles. The molecule has 3 aliphatic rings. The number of rotatable bonds is 3. The standard InChI is InChI=1S/C14H25N3O.2ClH/c1-10-8-11(9-17(10)12-4-5-12)16-13(18)14(15)6-2-3-7-14;;/h10-12H,2-9,15H2,1H3,(H,16,18);2*1H. The fourth-order valence-electron chi connectivity index (χ4n) is 3.64. The second-order valence-electron chi connectivity index (χ2n) is 6.55. The predicted octanol–water partition coefficient (Wildman–Crippen LogP) is 1.84. The quantitative estimate of drug-likeness (QED) is 0.833. The Labute approximate surface area is 134 Å². The monoisotopic (exact) mass is 323 g/mol. The van der Waals surface area contributed by atoms with Gasteiger partial charge >= 0.3 is 0 Å². The molecule has 3 fully saturated rings. The van der Waals surface area contributed by atoms with Crippen LogP contribution in [0.2, 0.25) is 0 Å². The molecule has 0 aromatic rings. The summed E-state index contributed by atoms with van der Waals surface area (Å²) in [6, 6.07) is 1.72. The molecule has 1 saturated heterocycles. The van der Waals surface area contributed by atoms with Crippen molar-refractivity contribution in [2.75, 3.05) is 6.54 Å². The van der Waals surface area contributed by atoms with Crippen molar-refractivity contribution in [3.8, 4) is 0 Å². The van der Waals surface area contributed by atoms with Crippen LogP contribution in [-0.2, 0) is 4.79 Å². The van der Waals surface area contributed by atoms with Crippen molar-refractivity contribution in [3.05, 3.63) is 0 Å². The van der Waals surface area contributed by atoms with Crippen molar-refractivity contribution in [2.45, 2.75) is 75.5 Å². The molecule has 2 unspecified atom stereocenters. The second-order valence-corrected chi connectivity index (χ2v) is 6.55. The first-order valence-electron chi connectivity index (χ1n) is 7.44. The van der Waals surface area contributed by atoms with Crippen molar-refractivity contribution in [1.82, 2.24) is 10.2 Å². The van der Waals surface area contributed by atoms with E-state index in [1.807, 2.05) is 0 Å². The Hall–Kier alpha value is -0.0300. The van der Waals surface area contributed by atoms with Crippen molar-refractivity contribution in [1.29, 1.82) is 0 Å². The second kappa shape index (κ2) is 6.82. The molecule has 20 heavy (non-hydrogen) atoms. The Balaban J connectivity index is 0.000001000. The van der Waals surface area contributed by atoms with E-state index in [0.29, 0.717) is 12.1 Å². The fraction of sp³-hybridized carbons (Fsp3) is 0.929. The lowest BCUT2D eigenvalue weighted by molar-refractivity contribution is -0.126. The highest BCUT2D eigenvalue weighted by Gasteiger charge is 2.42. The Morgan fingerprint density at radius 2 is 1.85 bits per heavy atom. The van der Waals surface area contributed by atoms with Gasteiger partial charge in [0, 0.05) is 24.7 Å². The lowest BCUT2D eigenvalue weighted by Crippen LogP contribution is -2.54. The van der Waals surface area contributed by atoms with Crippen LogP contribution in [0.3, 0.4) is 0 Å². The van der Waals surface area contributed by atoms with Gasteiger partial charge < -0.3 is 11.1 Å². The number of likely N-dealkylation sites (tertiary alicyclic amines) is 1. The van der Waals surface area contributed by atoms with Gasteiger partial charge in [-0.25, -0.2) is 0 Å². The molecule has 1 aliphatic heterocycles. The minimum absolute atomic E-state index is 0. The van der Waals surface area contributed by atoms with Gasteiger partial charge in [-0.1, -0.05) is 12.8 Å².